The highest BCUT2D eigenvalue weighted by atomic mass is 35.5. The Morgan fingerprint density at radius 1 is 1.30 bits per heavy atom. The van der Waals surface area contributed by atoms with Gasteiger partial charge in [0.05, 0.1) is 5.69 Å². The molecule has 0 saturated heterocycles. The Morgan fingerprint density at radius 2 is 2.15 bits per heavy atom. The molecule has 0 saturated carbocycles. The number of benzene rings is 1. The summed E-state index contributed by atoms with van der Waals surface area (Å²) in [7, 11) is 1.91. The Balaban J connectivity index is 1.83. The number of nitrogens with one attached hydrogen (secondary N) is 1. The van der Waals surface area contributed by atoms with Gasteiger partial charge in [0.25, 0.3) is 0 Å². The van der Waals surface area contributed by atoms with Gasteiger partial charge in [-0.15, -0.1) is 0 Å². The zero-order valence-electron chi connectivity index (χ0n) is 11.4. The second kappa shape index (κ2) is 5.13. The van der Waals surface area contributed by atoms with Crippen LogP contribution in [0.4, 0.5) is 5.69 Å². The third-order valence-electron chi connectivity index (χ3n) is 3.24. The number of hydrogen-bond donors (Lipinski definition) is 1. The molecule has 4 nitrogen and oxygen atoms in total. The van der Waals surface area contributed by atoms with Crippen molar-refractivity contribution >= 4 is 28.3 Å². The second-order valence-electron chi connectivity index (χ2n) is 4.79. The van der Waals surface area contributed by atoms with E-state index in [1.165, 1.54) is 0 Å². The van der Waals surface area contributed by atoms with Crippen LogP contribution < -0.4 is 5.32 Å². The van der Waals surface area contributed by atoms with Gasteiger partial charge in [0.2, 0.25) is 0 Å². The van der Waals surface area contributed by atoms with Crippen LogP contribution in [0.15, 0.2) is 36.5 Å². The van der Waals surface area contributed by atoms with Gasteiger partial charge in [-0.2, -0.15) is 5.10 Å². The Labute approximate surface area is 122 Å². The van der Waals surface area contributed by atoms with E-state index in [0.29, 0.717) is 6.54 Å². The molecule has 1 aromatic carbocycles. The van der Waals surface area contributed by atoms with Gasteiger partial charge in [-0.05, 0) is 36.8 Å². The normalized spacial score (nSPS) is 10.9. The Hall–Kier alpha value is -2.07. The third-order valence-corrected chi connectivity index (χ3v) is 3.48. The van der Waals surface area contributed by atoms with Crippen LogP contribution >= 0.6 is 11.6 Å². The van der Waals surface area contributed by atoms with Crippen LogP contribution in [0.1, 0.15) is 11.3 Å². The molecule has 2 heterocycles. The van der Waals surface area contributed by atoms with E-state index in [1.54, 1.807) is 4.68 Å². The lowest BCUT2D eigenvalue weighted by Crippen LogP contribution is -2.00. The smallest absolute Gasteiger partial charge is 0.157 e. The van der Waals surface area contributed by atoms with E-state index in [4.69, 9.17) is 11.6 Å². The van der Waals surface area contributed by atoms with E-state index in [-0.39, 0.29) is 0 Å². The van der Waals surface area contributed by atoms with Crippen molar-refractivity contribution in [2.45, 2.75) is 13.5 Å². The number of pyridine rings is 1. The topological polar surface area (TPSA) is 42.7 Å². The van der Waals surface area contributed by atoms with Crippen molar-refractivity contribution in [2.24, 2.45) is 7.05 Å². The fourth-order valence-corrected chi connectivity index (χ4v) is 2.44. The number of fused-ring (bicyclic) bond motifs is 1. The highest BCUT2D eigenvalue weighted by molar-refractivity contribution is 6.30. The maximum absolute atomic E-state index is 5.96. The quantitative estimate of drug-likeness (QED) is 0.801. The van der Waals surface area contributed by atoms with E-state index in [9.17, 15) is 0 Å². The van der Waals surface area contributed by atoms with E-state index in [0.717, 1.165) is 33.0 Å². The van der Waals surface area contributed by atoms with Gasteiger partial charge in [-0.25, -0.2) is 4.98 Å². The Kier molecular flexibility index (Phi) is 3.32. The van der Waals surface area contributed by atoms with Crippen LogP contribution in [-0.4, -0.2) is 14.8 Å². The summed E-state index contributed by atoms with van der Waals surface area (Å²) >= 11 is 5.96. The lowest BCUT2D eigenvalue weighted by atomic mass is 10.2. The fraction of sp³-hybridized carbons (Fsp3) is 0.200. The summed E-state index contributed by atoms with van der Waals surface area (Å²) in [5.41, 5.74) is 4.03. The Morgan fingerprint density at radius 3 is 2.95 bits per heavy atom. The Bertz CT molecular complexity index is 764. The first-order valence-electron chi connectivity index (χ1n) is 6.41. The van der Waals surface area contributed by atoms with E-state index in [1.807, 2.05) is 44.4 Å². The zero-order valence-corrected chi connectivity index (χ0v) is 12.1. The lowest BCUT2D eigenvalue weighted by Gasteiger charge is -2.07. The number of halogens is 1. The largest absolute Gasteiger partial charge is 0.381 e. The molecule has 0 amide bonds. The second-order valence-corrected chi connectivity index (χ2v) is 5.22. The molecular weight excluding hydrogens is 272 g/mol. The van der Waals surface area contributed by atoms with Crippen molar-refractivity contribution in [3.8, 4) is 0 Å². The molecule has 0 aliphatic rings. The van der Waals surface area contributed by atoms with Gasteiger partial charge in [0.1, 0.15) is 0 Å². The van der Waals surface area contributed by atoms with E-state index >= 15 is 0 Å². The van der Waals surface area contributed by atoms with Crippen molar-refractivity contribution < 1.29 is 0 Å². The number of aromatic nitrogens is 3. The predicted molar refractivity (Wildman–Crippen MR) is 82.0 cm³/mol. The molecule has 0 atom stereocenters. The monoisotopic (exact) mass is 286 g/mol. The molecule has 0 bridgehead atoms. The number of aryl methyl sites for hydroxylation is 2. The lowest BCUT2D eigenvalue weighted by molar-refractivity contribution is 0.773. The molecule has 20 heavy (non-hydrogen) atoms. The molecule has 3 aromatic rings. The standard InChI is InChI=1S/C15H15ClN4/c1-10-14-6-11(9-18-15(14)20(2)19-10)8-17-13-5-3-4-12(16)7-13/h3-7,9,17H,8H2,1-2H3. The average Bonchev–Trinajstić information content (AvgIpc) is 2.72. The summed E-state index contributed by atoms with van der Waals surface area (Å²) in [5.74, 6) is 0. The summed E-state index contributed by atoms with van der Waals surface area (Å²) < 4.78 is 1.80. The summed E-state index contributed by atoms with van der Waals surface area (Å²) in [6.45, 7) is 2.70. The van der Waals surface area contributed by atoms with Gasteiger partial charge in [0, 0.05) is 35.9 Å². The molecule has 102 valence electrons. The highest BCUT2D eigenvalue weighted by Gasteiger charge is 2.06. The maximum Gasteiger partial charge on any atom is 0.157 e. The predicted octanol–water partition coefficient (Wildman–Crippen LogP) is 3.54. The number of rotatable bonds is 3. The van der Waals surface area contributed by atoms with Crippen molar-refractivity contribution in [3.63, 3.8) is 0 Å². The summed E-state index contributed by atoms with van der Waals surface area (Å²) in [6.07, 6.45) is 1.88. The van der Waals surface area contributed by atoms with Crippen LogP contribution in [-0.2, 0) is 13.6 Å². The molecule has 0 aliphatic carbocycles. The van der Waals surface area contributed by atoms with Crippen LogP contribution in [0, 0.1) is 6.92 Å². The SMILES string of the molecule is Cc1nn(C)c2ncc(CNc3cccc(Cl)c3)cc12. The molecule has 0 radical (unpaired) electrons. The highest BCUT2D eigenvalue weighted by Crippen LogP contribution is 2.19. The van der Waals surface area contributed by atoms with Crippen LogP contribution in [0.5, 0.6) is 0 Å². The first-order chi connectivity index (χ1) is 9.63. The van der Waals surface area contributed by atoms with Gasteiger partial charge >= 0.3 is 0 Å². The van der Waals surface area contributed by atoms with Crippen LogP contribution in [0.25, 0.3) is 11.0 Å². The van der Waals surface area contributed by atoms with Gasteiger partial charge in [-0.1, -0.05) is 17.7 Å². The first kappa shape index (κ1) is 12.9. The van der Waals surface area contributed by atoms with Crippen molar-refractivity contribution in [1.82, 2.24) is 14.8 Å². The van der Waals surface area contributed by atoms with Crippen molar-refractivity contribution in [3.05, 3.63) is 52.8 Å². The minimum atomic E-state index is 0.706. The fourth-order valence-electron chi connectivity index (χ4n) is 2.25. The number of anilines is 1. The maximum atomic E-state index is 5.96. The minimum absolute atomic E-state index is 0.706. The molecule has 3 rings (SSSR count). The molecule has 1 N–H and O–H groups in total. The van der Waals surface area contributed by atoms with Gasteiger partial charge in [0.15, 0.2) is 5.65 Å². The zero-order chi connectivity index (χ0) is 14.1. The van der Waals surface area contributed by atoms with E-state index < -0.39 is 0 Å². The summed E-state index contributed by atoms with van der Waals surface area (Å²) in [4.78, 5) is 4.47. The van der Waals surface area contributed by atoms with Gasteiger partial charge < -0.3 is 5.32 Å². The molecule has 0 aliphatic heterocycles. The summed E-state index contributed by atoms with van der Waals surface area (Å²) in [6, 6.07) is 9.81. The van der Waals surface area contributed by atoms with Crippen LogP contribution in [0.2, 0.25) is 5.02 Å². The minimum Gasteiger partial charge on any atom is -0.381 e. The molecular formula is C15H15ClN4. The van der Waals surface area contributed by atoms with E-state index in [2.05, 4.69) is 21.5 Å². The first-order valence-corrected chi connectivity index (χ1v) is 6.79. The van der Waals surface area contributed by atoms with Gasteiger partial charge in [-0.3, -0.25) is 4.68 Å². The molecule has 2 aromatic heterocycles. The molecule has 5 heteroatoms. The number of hydrogen-bond acceptors (Lipinski definition) is 3. The number of nitrogens with zero attached hydrogens (tertiary/aromatic N) is 3. The van der Waals surface area contributed by atoms with Crippen molar-refractivity contribution in [1.29, 1.82) is 0 Å². The average molecular weight is 287 g/mol. The van der Waals surface area contributed by atoms with Crippen molar-refractivity contribution in [2.75, 3.05) is 5.32 Å². The third kappa shape index (κ3) is 2.47. The molecule has 0 fully saturated rings. The van der Waals surface area contributed by atoms with Crippen LogP contribution in [0.3, 0.4) is 0 Å². The summed E-state index contributed by atoms with van der Waals surface area (Å²) in [5, 5.41) is 9.54. The molecule has 0 spiro atoms. The molecule has 0 unspecified atom stereocenters.